The fraction of sp³-hybridized carbons (Fsp3) is 0.543. The highest BCUT2D eigenvalue weighted by Gasteiger charge is 2.13. The molecule has 0 bridgehead atoms. The first-order valence-electron chi connectivity index (χ1n) is 15.8. The molecule has 1 aliphatic heterocycles. The van der Waals surface area contributed by atoms with Crippen LogP contribution in [0.15, 0.2) is 53.6 Å². The van der Waals surface area contributed by atoms with Gasteiger partial charge in [0.15, 0.2) is 12.4 Å². The summed E-state index contributed by atoms with van der Waals surface area (Å²) >= 11 is 1.83. The van der Waals surface area contributed by atoms with Gasteiger partial charge in [0, 0.05) is 18.4 Å². The van der Waals surface area contributed by atoms with Crippen molar-refractivity contribution in [3.8, 4) is 11.5 Å². The molecular formula is C35H50N2O4S. The van der Waals surface area contributed by atoms with Crippen molar-refractivity contribution >= 4 is 29.1 Å². The number of carbonyl (C=O) groups excluding carboxylic acids is 2. The molecule has 0 saturated carbocycles. The molecule has 2 aromatic rings. The summed E-state index contributed by atoms with van der Waals surface area (Å²) in [5, 5.41) is 2.91. The Bertz CT molecular complexity index is 1150. The van der Waals surface area contributed by atoms with Crippen LogP contribution in [0.4, 0.5) is 5.69 Å². The number of anilines is 1. The van der Waals surface area contributed by atoms with Crippen LogP contribution >= 0.6 is 11.8 Å². The molecule has 1 amide bonds. The van der Waals surface area contributed by atoms with Crippen molar-refractivity contribution in [2.45, 2.75) is 104 Å². The Balaban J connectivity index is 1.34. The monoisotopic (exact) mass is 594 g/mol. The van der Waals surface area contributed by atoms with Crippen LogP contribution in [0.3, 0.4) is 0 Å². The molecule has 6 nitrogen and oxygen atoms in total. The van der Waals surface area contributed by atoms with Crippen molar-refractivity contribution in [2.24, 2.45) is 0 Å². The Morgan fingerprint density at radius 2 is 1.57 bits per heavy atom. The largest absolute Gasteiger partial charge is 0.493 e. The Morgan fingerprint density at radius 3 is 2.21 bits per heavy atom. The van der Waals surface area contributed by atoms with Crippen LogP contribution in [0.25, 0.3) is 0 Å². The molecule has 42 heavy (non-hydrogen) atoms. The van der Waals surface area contributed by atoms with Crippen molar-refractivity contribution in [3.63, 3.8) is 0 Å². The maximum absolute atomic E-state index is 12.6. The van der Waals surface area contributed by atoms with Crippen LogP contribution < -0.4 is 14.8 Å². The van der Waals surface area contributed by atoms with Crippen molar-refractivity contribution in [3.05, 3.63) is 64.7 Å². The molecule has 0 radical (unpaired) electrons. The summed E-state index contributed by atoms with van der Waals surface area (Å²) in [5.74, 6) is 1.64. The second-order valence-electron chi connectivity index (χ2n) is 11.2. The number of carbonyl (C=O) groups is 2. The third-order valence-electron chi connectivity index (χ3n) is 7.37. The Hall–Kier alpha value is -2.93. The minimum atomic E-state index is -0.253. The second kappa shape index (κ2) is 19.3. The Kier molecular flexibility index (Phi) is 15.4. The second-order valence-corrected chi connectivity index (χ2v) is 12.4. The molecule has 0 unspecified atom stereocenters. The van der Waals surface area contributed by atoms with E-state index in [9.17, 15) is 9.59 Å². The molecule has 7 heteroatoms. The Morgan fingerprint density at radius 1 is 0.881 bits per heavy atom. The average Bonchev–Trinajstić information content (AvgIpc) is 3.38. The average molecular weight is 595 g/mol. The van der Waals surface area contributed by atoms with Gasteiger partial charge in [-0.15, -0.1) is 11.8 Å². The van der Waals surface area contributed by atoms with E-state index >= 15 is 0 Å². The quantitative estimate of drug-likeness (QED) is 0.115. The lowest BCUT2D eigenvalue weighted by atomic mass is 10.1. The first-order chi connectivity index (χ1) is 20.4. The molecule has 0 atom stereocenters. The summed E-state index contributed by atoms with van der Waals surface area (Å²) in [5.41, 5.74) is 2.34. The number of amides is 1. The lowest BCUT2D eigenvalue weighted by Gasteiger charge is -2.15. The van der Waals surface area contributed by atoms with Crippen LogP contribution in [0.1, 0.15) is 114 Å². The van der Waals surface area contributed by atoms with E-state index in [-0.39, 0.29) is 18.3 Å². The molecule has 0 spiro atoms. The minimum absolute atomic E-state index is 0.0900. The molecule has 1 aliphatic rings. The predicted molar refractivity (Wildman–Crippen MR) is 175 cm³/mol. The summed E-state index contributed by atoms with van der Waals surface area (Å²) in [4.78, 5) is 28.4. The normalized spacial score (nSPS) is 12.7. The number of benzene rings is 2. The van der Waals surface area contributed by atoms with E-state index in [1.165, 1.54) is 76.0 Å². The van der Waals surface area contributed by atoms with Gasteiger partial charge in [0.25, 0.3) is 5.91 Å². The number of ether oxygens (including phenoxy) is 2. The zero-order valence-electron chi connectivity index (χ0n) is 25.9. The van der Waals surface area contributed by atoms with Crippen molar-refractivity contribution < 1.29 is 19.1 Å². The summed E-state index contributed by atoms with van der Waals surface area (Å²) in [7, 11) is 0. The number of ketones is 1. The van der Waals surface area contributed by atoms with Crippen molar-refractivity contribution in [1.29, 1.82) is 0 Å². The van der Waals surface area contributed by atoms with Crippen molar-refractivity contribution in [1.82, 2.24) is 4.90 Å². The smallest absolute Gasteiger partial charge is 0.262 e. The number of Topliss-reactive ketones (excluding diaryl/α,β-unsaturated/α-hetero) is 1. The summed E-state index contributed by atoms with van der Waals surface area (Å²) in [6.45, 7) is 7.14. The molecule has 0 aromatic heterocycles. The highest BCUT2D eigenvalue weighted by Crippen LogP contribution is 2.27. The molecule has 0 fully saturated rings. The van der Waals surface area contributed by atoms with Gasteiger partial charge in [0.2, 0.25) is 0 Å². The lowest BCUT2D eigenvalue weighted by molar-refractivity contribution is -0.118. The zero-order valence-corrected chi connectivity index (χ0v) is 26.7. The van der Waals surface area contributed by atoms with E-state index in [1.54, 1.807) is 18.2 Å². The third-order valence-corrected chi connectivity index (χ3v) is 8.40. The van der Waals surface area contributed by atoms with Crippen LogP contribution in [0, 0.1) is 0 Å². The molecular weight excluding hydrogens is 544 g/mol. The molecule has 2 aromatic carbocycles. The number of thioether (sulfide) groups is 1. The van der Waals surface area contributed by atoms with E-state index in [4.69, 9.17) is 9.47 Å². The first kappa shape index (κ1) is 33.6. The number of hydrogen-bond donors (Lipinski definition) is 1. The standard InChI is InChI=1S/C35H50N2O4S/c1-4-5-6-7-8-9-10-11-12-13-14-15-21-40-34-20-19-32(23-33(34)29(3)38)41-26-35(39)36-31-18-16-17-30(22-31)25-37-24-28(2)42-27-37/h16-20,22-24H,4-15,21,25-27H2,1-3H3,(H,36,39). The number of nitrogens with one attached hydrogen (secondary N) is 1. The maximum Gasteiger partial charge on any atom is 0.262 e. The minimum Gasteiger partial charge on any atom is -0.493 e. The van der Waals surface area contributed by atoms with Crippen LogP contribution in [0.5, 0.6) is 11.5 Å². The number of allylic oxidation sites excluding steroid dienone is 1. The summed E-state index contributed by atoms with van der Waals surface area (Å²) < 4.78 is 11.7. The number of nitrogens with zero attached hydrogens (tertiary/aromatic N) is 1. The molecule has 1 heterocycles. The molecule has 0 aliphatic carbocycles. The van der Waals surface area contributed by atoms with Gasteiger partial charge < -0.3 is 19.7 Å². The lowest BCUT2D eigenvalue weighted by Crippen LogP contribution is -2.20. The highest BCUT2D eigenvalue weighted by atomic mass is 32.2. The van der Waals surface area contributed by atoms with Gasteiger partial charge in [-0.2, -0.15) is 0 Å². The third kappa shape index (κ3) is 12.9. The molecule has 0 saturated heterocycles. The molecule has 1 N–H and O–H groups in total. The van der Waals surface area contributed by atoms with Gasteiger partial charge in [-0.1, -0.05) is 89.7 Å². The van der Waals surface area contributed by atoms with Crippen molar-refractivity contribution in [2.75, 3.05) is 24.4 Å². The van der Waals surface area contributed by atoms with Crippen LogP contribution in [-0.4, -0.2) is 35.7 Å². The SMILES string of the molecule is CCCCCCCCCCCCCCOc1ccc(OCC(=O)Nc2cccc(CN3C=C(C)SC3)c2)cc1C(C)=O. The summed E-state index contributed by atoms with van der Waals surface area (Å²) in [6.07, 6.45) is 17.7. The summed E-state index contributed by atoms with van der Waals surface area (Å²) in [6, 6.07) is 13.0. The highest BCUT2D eigenvalue weighted by molar-refractivity contribution is 8.03. The van der Waals surface area contributed by atoms with E-state index in [0.717, 1.165) is 36.5 Å². The fourth-order valence-electron chi connectivity index (χ4n) is 5.06. The molecule has 3 rings (SSSR count). The Labute approximate surface area is 257 Å². The van der Waals surface area contributed by atoms with Gasteiger partial charge >= 0.3 is 0 Å². The fourth-order valence-corrected chi connectivity index (χ4v) is 5.82. The van der Waals surface area contributed by atoms with Gasteiger partial charge in [0.1, 0.15) is 11.5 Å². The molecule has 230 valence electrons. The van der Waals surface area contributed by atoms with Crippen LogP contribution in [-0.2, 0) is 11.3 Å². The number of unbranched alkanes of at least 4 members (excludes halogenated alkanes) is 11. The number of hydrogen-bond acceptors (Lipinski definition) is 6. The van der Waals surface area contributed by atoms with E-state index in [2.05, 4.69) is 36.3 Å². The first-order valence-corrected chi connectivity index (χ1v) is 16.8. The van der Waals surface area contributed by atoms with E-state index in [1.807, 2.05) is 30.0 Å². The predicted octanol–water partition coefficient (Wildman–Crippen LogP) is 9.35. The topological polar surface area (TPSA) is 67.9 Å². The van der Waals surface area contributed by atoms with Crippen LogP contribution in [0.2, 0.25) is 0 Å². The van der Waals surface area contributed by atoms with Gasteiger partial charge in [-0.05, 0) is 61.1 Å². The zero-order chi connectivity index (χ0) is 30.0. The van der Waals surface area contributed by atoms with E-state index in [0.29, 0.717) is 23.7 Å². The van der Waals surface area contributed by atoms with Gasteiger partial charge in [-0.3, -0.25) is 9.59 Å². The maximum atomic E-state index is 12.6. The van der Waals surface area contributed by atoms with Gasteiger partial charge in [-0.25, -0.2) is 0 Å². The van der Waals surface area contributed by atoms with E-state index < -0.39 is 0 Å². The number of rotatable bonds is 21. The van der Waals surface area contributed by atoms with Gasteiger partial charge in [0.05, 0.1) is 18.0 Å².